The van der Waals surface area contributed by atoms with E-state index in [0.717, 1.165) is 0 Å². The van der Waals surface area contributed by atoms with E-state index in [4.69, 9.17) is 0 Å². The third kappa shape index (κ3) is 1.06. The van der Waals surface area contributed by atoms with Crippen LogP contribution in [0.4, 0.5) is 0 Å². The van der Waals surface area contributed by atoms with Gasteiger partial charge in [-0.1, -0.05) is 0 Å². The van der Waals surface area contributed by atoms with Gasteiger partial charge in [-0.25, -0.2) is 0 Å². The van der Waals surface area contributed by atoms with Crippen molar-refractivity contribution in [1.29, 1.82) is 0 Å². The first-order valence-corrected chi connectivity index (χ1v) is 4.54. The van der Waals surface area contributed by atoms with Crippen molar-refractivity contribution in [3.63, 3.8) is 0 Å². The lowest BCUT2D eigenvalue weighted by Gasteiger charge is -2.06. The third-order valence-electron chi connectivity index (χ3n) is 1.68. The predicted octanol–water partition coefficient (Wildman–Crippen LogP) is 1.71. The van der Waals surface area contributed by atoms with Crippen molar-refractivity contribution in [2.75, 3.05) is 5.75 Å². The summed E-state index contributed by atoms with van der Waals surface area (Å²) in [5, 5.41) is 4.66. The minimum absolute atomic E-state index is 0.589. The highest BCUT2D eigenvalue weighted by atomic mass is 32.2. The van der Waals surface area contributed by atoms with Gasteiger partial charge in [-0.05, 0) is 24.7 Å². The molecule has 1 saturated heterocycles. The second-order valence-electron chi connectivity index (χ2n) is 2.39. The summed E-state index contributed by atoms with van der Waals surface area (Å²) >= 11 is 1.98. The Kier molecular flexibility index (Phi) is 1.67. The van der Waals surface area contributed by atoms with Crippen LogP contribution in [0.3, 0.4) is 0 Å². The zero-order valence-corrected chi connectivity index (χ0v) is 6.47. The number of nitrogens with zero attached hydrogens (tertiary/aromatic N) is 2. The number of thioether (sulfide) groups is 1. The molecule has 0 amide bonds. The first-order valence-electron chi connectivity index (χ1n) is 3.49. The molecule has 0 aromatic carbocycles. The summed E-state index contributed by atoms with van der Waals surface area (Å²) in [7, 11) is 0. The Labute approximate surface area is 64.6 Å². The highest BCUT2D eigenvalue weighted by molar-refractivity contribution is 7.99. The SMILES string of the molecule is [c]1ccn(C2CCCS2)n1. The van der Waals surface area contributed by atoms with Crippen molar-refractivity contribution < 1.29 is 0 Å². The second kappa shape index (κ2) is 2.66. The quantitative estimate of drug-likeness (QED) is 0.611. The van der Waals surface area contributed by atoms with Gasteiger partial charge in [0.15, 0.2) is 0 Å². The van der Waals surface area contributed by atoms with Crippen LogP contribution in [0.15, 0.2) is 12.3 Å². The standard InChI is InChI=1S/C7H9N2S/c1-3-7(10-6-1)9-5-2-4-8-9/h2,5,7H,1,3,6H2. The lowest BCUT2D eigenvalue weighted by molar-refractivity contribution is 0.577. The first kappa shape index (κ1) is 6.28. The van der Waals surface area contributed by atoms with Crippen molar-refractivity contribution in [2.24, 2.45) is 0 Å². The van der Waals surface area contributed by atoms with E-state index in [-0.39, 0.29) is 0 Å². The van der Waals surface area contributed by atoms with Gasteiger partial charge in [0.05, 0.1) is 5.37 Å². The van der Waals surface area contributed by atoms with Gasteiger partial charge in [0.25, 0.3) is 0 Å². The molecule has 0 bridgehead atoms. The Balaban J connectivity index is 2.12. The van der Waals surface area contributed by atoms with Crippen LogP contribution in [0, 0.1) is 6.20 Å². The fraction of sp³-hybridized carbons (Fsp3) is 0.571. The average molecular weight is 153 g/mol. The van der Waals surface area contributed by atoms with Gasteiger partial charge in [-0.15, -0.1) is 11.8 Å². The molecule has 1 radical (unpaired) electrons. The number of hydrogen-bond donors (Lipinski definition) is 0. The van der Waals surface area contributed by atoms with Gasteiger partial charge >= 0.3 is 0 Å². The monoisotopic (exact) mass is 153 g/mol. The fourth-order valence-corrected chi connectivity index (χ4v) is 2.38. The molecule has 2 rings (SSSR count). The Hall–Kier alpha value is -0.440. The minimum Gasteiger partial charge on any atom is -0.259 e. The molecule has 0 aliphatic carbocycles. The minimum atomic E-state index is 0.589. The van der Waals surface area contributed by atoms with Crippen molar-refractivity contribution >= 4 is 11.8 Å². The summed E-state index contributed by atoms with van der Waals surface area (Å²) in [5.41, 5.74) is 0. The molecule has 0 saturated carbocycles. The highest BCUT2D eigenvalue weighted by Crippen LogP contribution is 2.34. The van der Waals surface area contributed by atoms with E-state index in [9.17, 15) is 0 Å². The van der Waals surface area contributed by atoms with E-state index in [1.807, 2.05) is 28.7 Å². The zero-order valence-electron chi connectivity index (χ0n) is 5.66. The molecule has 2 heterocycles. The molecule has 0 spiro atoms. The molecular weight excluding hydrogens is 144 g/mol. The van der Waals surface area contributed by atoms with Crippen molar-refractivity contribution in [3.8, 4) is 0 Å². The molecule has 1 unspecified atom stereocenters. The maximum absolute atomic E-state index is 4.07. The van der Waals surface area contributed by atoms with E-state index >= 15 is 0 Å². The Bertz CT molecular complexity index is 189. The van der Waals surface area contributed by atoms with Crippen LogP contribution >= 0.6 is 11.8 Å². The zero-order chi connectivity index (χ0) is 6.81. The largest absolute Gasteiger partial charge is 0.259 e. The lowest BCUT2D eigenvalue weighted by atomic mass is 10.3. The van der Waals surface area contributed by atoms with Crippen LogP contribution in [-0.2, 0) is 0 Å². The number of rotatable bonds is 1. The summed E-state index contributed by atoms with van der Waals surface area (Å²) in [6, 6.07) is 1.86. The molecule has 2 nitrogen and oxygen atoms in total. The predicted molar refractivity (Wildman–Crippen MR) is 41.8 cm³/mol. The molecular formula is C7H9N2S. The molecule has 1 fully saturated rings. The van der Waals surface area contributed by atoms with Crippen LogP contribution in [0.5, 0.6) is 0 Å². The van der Waals surface area contributed by atoms with Gasteiger partial charge in [-0.2, -0.15) is 5.10 Å². The van der Waals surface area contributed by atoms with Crippen LogP contribution < -0.4 is 0 Å². The van der Waals surface area contributed by atoms with Crippen LogP contribution in [0.25, 0.3) is 0 Å². The maximum atomic E-state index is 4.07. The molecule has 10 heavy (non-hydrogen) atoms. The molecule has 1 aromatic heterocycles. The van der Waals surface area contributed by atoms with Crippen LogP contribution in [0.1, 0.15) is 18.2 Å². The number of hydrogen-bond acceptors (Lipinski definition) is 2. The van der Waals surface area contributed by atoms with E-state index in [0.29, 0.717) is 5.37 Å². The average Bonchev–Trinajstić information content (AvgIpc) is 2.59. The van der Waals surface area contributed by atoms with E-state index < -0.39 is 0 Å². The third-order valence-corrected chi connectivity index (χ3v) is 3.04. The molecule has 0 N–H and O–H groups in total. The Morgan fingerprint density at radius 3 is 3.30 bits per heavy atom. The first-order chi connectivity index (χ1) is 4.97. The van der Waals surface area contributed by atoms with Crippen LogP contribution in [0.2, 0.25) is 0 Å². The van der Waals surface area contributed by atoms with Gasteiger partial charge in [-0.3, -0.25) is 4.68 Å². The summed E-state index contributed by atoms with van der Waals surface area (Å²) in [6.07, 6.45) is 7.39. The Morgan fingerprint density at radius 1 is 1.70 bits per heavy atom. The second-order valence-corrected chi connectivity index (χ2v) is 3.68. The van der Waals surface area contributed by atoms with Crippen LogP contribution in [-0.4, -0.2) is 15.5 Å². The van der Waals surface area contributed by atoms with Gasteiger partial charge in [0.1, 0.15) is 6.20 Å². The smallest absolute Gasteiger partial charge is 0.113 e. The molecule has 1 atom stereocenters. The van der Waals surface area contributed by atoms with E-state index in [1.165, 1.54) is 18.6 Å². The van der Waals surface area contributed by atoms with Crippen molar-refractivity contribution in [1.82, 2.24) is 9.78 Å². The van der Waals surface area contributed by atoms with Crippen molar-refractivity contribution in [2.45, 2.75) is 18.2 Å². The summed E-state index contributed by atoms with van der Waals surface area (Å²) < 4.78 is 2.00. The summed E-state index contributed by atoms with van der Waals surface area (Å²) in [5.74, 6) is 1.28. The summed E-state index contributed by atoms with van der Waals surface area (Å²) in [6.45, 7) is 0. The maximum Gasteiger partial charge on any atom is 0.113 e. The van der Waals surface area contributed by atoms with Gasteiger partial charge in [0, 0.05) is 6.20 Å². The molecule has 1 aliphatic rings. The lowest BCUT2D eigenvalue weighted by Crippen LogP contribution is -2.00. The normalized spacial score (nSPS) is 25.4. The molecule has 3 heteroatoms. The van der Waals surface area contributed by atoms with E-state index in [1.54, 1.807) is 0 Å². The highest BCUT2D eigenvalue weighted by Gasteiger charge is 2.16. The molecule has 53 valence electrons. The number of aromatic nitrogens is 2. The molecule has 1 aromatic rings. The molecule has 1 aliphatic heterocycles. The van der Waals surface area contributed by atoms with Crippen molar-refractivity contribution in [3.05, 3.63) is 18.5 Å². The van der Waals surface area contributed by atoms with E-state index in [2.05, 4.69) is 11.3 Å². The topological polar surface area (TPSA) is 17.8 Å². The Morgan fingerprint density at radius 2 is 2.70 bits per heavy atom. The summed E-state index contributed by atoms with van der Waals surface area (Å²) in [4.78, 5) is 0. The van der Waals surface area contributed by atoms with Gasteiger partial charge < -0.3 is 0 Å². The fourth-order valence-electron chi connectivity index (χ4n) is 1.17. The van der Waals surface area contributed by atoms with Gasteiger partial charge in [0.2, 0.25) is 0 Å².